The molecule has 1 unspecified atom stereocenters. The van der Waals surface area contributed by atoms with Crippen molar-refractivity contribution < 1.29 is 5.11 Å². The normalized spacial score (nSPS) is 17.9. The Hall–Kier alpha value is -1.41. The Morgan fingerprint density at radius 3 is 2.88 bits per heavy atom. The van der Waals surface area contributed by atoms with Crippen LogP contribution < -0.4 is 0 Å². The molecule has 17 heavy (non-hydrogen) atoms. The van der Waals surface area contributed by atoms with Crippen molar-refractivity contribution in [2.45, 2.75) is 31.8 Å². The number of nitrogens with zero attached hydrogens (tertiary/aromatic N) is 1. The van der Waals surface area contributed by atoms with Crippen LogP contribution in [0.1, 0.15) is 37.4 Å². The number of hydrogen-bond donors (Lipinski definition) is 1. The van der Waals surface area contributed by atoms with Gasteiger partial charge in [0.2, 0.25) is 0 Å². The number of benzene rings is 1. The molecular weight excluding hydrogens is 210 g/mol. The van der Waals surface area contributed by atoms with E-state index in [-0.39, 0.29) is 6.10 Å². The molecule has 1 aromatic carbocycles. The van der Waals surface area contributed by atoms with E-state index in [1.807, 2.05) is 30.3 Å². The zero-order chi connectivity index (χ0) is 11.7. The molecule has 0 spiro atoms. The molecule has 2 heteroatoms. The van der Waals surface area contributed by atoms with Crippen molar-refractivity contribution in [3.8, 4) is 0 Å². The first kappa shape index (κ1) is 10.7. The van der Waals surface area contributed by atoms with Gasteiger partial charge in [-0.3, -0.25) is 4.98 Å². The second-order valence-electron chi connectivity index (χ2n) is 4.97. The highest BCUT2D eigenvalue weighted by molar-refractivity contribution is 5.82. The van der Waals surface area contributed by atoms with E-state index in [2.05, 4.69) is 4.98 Å². The first-order chi connectivity index (χ1) is 8.34. The zero-order valence-corrected chi connectivity index (χ0v) is 9.84. The lowest BCUT2D eigenvalue weighted by atomic mass is 9.80. The van der Waals surface area contributed by atoms with Gasteiger partial charge < -0.3 is 5.11 Å². The van der Waals surface area contributed by atoms with Crippen LogP contribution in [0.25, 0.3) is 10.9 Å². The molecule has 1 fully saturated rings. The highest BCUT2D eigenvalue weighted by Crippen LogP contribution is 2.36. The van der Waals surface area contributed by atoms with Crippen LogP contribution in [0.4, 0.5) is 0 Å². The Morgan fingerprint density at radius 2 is 2.12 bits per heavy atom. The smallest absolute Gasteiger partial charge is 0.0799 e. The zero-order valence-electron chi connectivity index (χ0n) is 9.84. The van der Waals surface area contributed by atoms with Gasteiger partial charge in [0, 0.05) is 11.6 Å². The standard InChI is InChI=1S/C15H17NO/c17-15(10-11-4-1-5-11)13-6-2-8-14-12(13)7-3-9-16-14/h2-3,6-9,11,15,17H,1,4-5,10H2. The number of aromatic nitrogens is 1. The molecule has 1 saturated carbocycles. The predicted octanol–water partition coefficient (Wildman–Crippen LogP) is 3.46. The molecule has 0 aliphatic heterocycles. The molecule has 0 radical (unpaired) electrons. The van der Waals surface area contributed by atoms with Crippen molar-refractivity contribution in [2.24, 2.45) is 5.92 Å². The molecule has 3 rings (SSSR count). The summed E-state index contributed by atoms with van der Waals surface area (Å²) in [4.78, 5) is 4.33. The molecule has 0 bridgehead atoms. The van der Waals surface area contributed by atoms with E-state index >= 15 is 0 Å². The number of fused-ring (bicyclic) bond motifs is 1. The summed E-state index contributed by atoms with van der Waals surface area (Å²) in [5.41, 5.74) is 2.00. The van der Waals surface area contributed by atoms with Crippen LogP contribution in [0.3, 0.4) is 0 Å². The summed E-state index contributed by atoms with van der Waals surface area (Å²) in [6.45, 7) is 0. The fraction of sp³-hybridized carbons (Fsp3) is 0.400. The predicted molar refractivity (Wildman–Crippen MR) is 68.7 cm³/mol. The average Bonchev–Trinajstić information content (AvgIpc) is 2.33. The van der Waals surface area contributed by atoms with Gasteiger partial charge in [-0.2, -0.15) is 0 Å². The lowest BCUT2D eigenvalue weighted by Crippen LogP contribution is -2.15. The van der Waals surface area contributed by atoms with Crippen molar-refractivity contribution in [1.82, 2.24) is 4.98 Å². The molecule has 1 aliphatic carbocycles. The summed E-state index contributed by atoms with van der Waals surface area (Å²) in [6.07, 6.45) is 6.24. The van der Waals surface area contributed by atoms with E-state index in [0.717, 1.165) is 28.8 Å². The average molecular weight is 227 g/mol. The summed E-state index contributed by atoms with van der Waals surface area (Å²) in [5, 5.41) is 11.4. The van der Waals surface area contributed by atoms with Crippen molar-refractivity contribution in [2.75, 3.05) is 0 Å². The van der Waals surface area contributed by atoms with Gasteiger partial charge in [0.1, 0.15) is 0 Å². The van der Waals surface area contributed by atoms with Gasteiger partial charge in [0.25, 0.3) is 0 Å². The third-order valence-electron chi connectivity index (χ3n) is 3.82. The number of aliphatic hydroxyl groups is 1. The molecule has 2 aromatic rings. The van der Waals surface area contributed by atoms with E-state index in [1.165, 1.54) is 19.3 Å². The van der Waals surface area contributed by atoms with Gasteiger partial charge in [-0.25, -0.2) is 0 Å². The minimum absolute atomic E-state index is 0.340. The van der Waals surface area contributed by atoms with Crippen molar-refractivity contribution in [1.29, 1.82) is 0 Å². The van der Waals surface area contributed by atoms with Crippen LogP contribution in [-0.2, 0) is 0 Å². The molecule has 1 aromatic heterocycles. The van der Waals surface area contributed by atoms with Crippen LogP contribution in [-0.4, -0.2) is 10.1 Å². The largest absolute Gasteiger partial charge is 0.388 e. The maximum absolute atomic E-state index is 10.3. The van der Waals surface area contributed by atoms with E-state index in [9.17, 15) is 5.11 Å². The topological polar surface area (TPSA) is 33.1 Å². The second-order valence-corrected chi connectivity index (χ2v) is 4.97. The summed E-state index contributed by atoms with van der Waals surface area (Å²) in [7, 11) is 0. The van der Waals surface area contributed by atoms with Crippen LogP contribution in [0.2, 0.25) is 0 Å². The Labute approximate surface area is 101 Å². The third kappa shape index (κ3) is 2.05. The minimum atomic E-state index is -0.340. The van der Waals surface area contributed by atoms with Gasteiger partial charge in [-0.05, 0) is 30.0 Å². The highest BCUT2D eigenvalue weighted by Gasteiger charge is 2.22. The number of aliphatic hydroxyl groups excluding tert-OH is 1. The van der Waals surface area contributed by atoms with Crippen LogP contribution in [0.15, 0.2) is 36.5 Å². The monoisotopic (exact) mass is 227 g/mol. The quantitative estimate of drug-likeness (QED) is 0.871. The van der Waals surface area contributed by atoms with Crippen LogP contribution in [0, 0.1) is 5.92 Å². The molecule has 1 aliphatic rings. The molecule has 1 heterocycles. The fourth-order valence-electron chi connectivity index (χ4n) is 2.59. The van der Waals surface area contributed by atoms with Gasteiger partial charge >= 0.3 is 0 Å². The molecule has 1 atom stereocenters. The highest BCUT2D eigenvalue weighted by atomic mass is 16.3. The number of hydrogen-bond acceptors (Lipinski definition) is 2. The molecule has 88 valence electrons. The molecule has 0 saturated heterocycles. The van der Waals surface area contributed by atoms with Crippen molar-refractivity contribution in [3.05, 3.63) is 42.1 Å². The number of rotatable bonds is 3. The Bertz CT molecular complexity index is 514. The van der Waals surface area contributed by atoms with Gasteiger partial charge in [-0.15, -0.1) is 0 Å². The lowest BCUT2D eigenvalue weighted by molar-refractivity contribution is 0.119. The Morgan fingerprint density at radius 1 is 1.24 bits per heavy atom. The van der Waals surface area contributed by atoms with Crippen LogP contribution >= 0.6 is 0 Å². The maximum Gasteiger partial charge on any atom is 0.0799 e. The van der Waals surface area contributed by atoms with E-state index < -0.39 is 0 Å². The van der Waals surface area contributed by atoms with Gasteiger partial charge in [-0.1, -0.05) is 37.5 Å². The number of pyridine rings is 1. The molecule has 1 N–H and O–H groups in total. The van der Waals surface area contributed by atoms with E-state index in [0.29, 0.717) is 0 Å². The lowest BCUT2D eigenvalue weighted by Gasteiger charge is -2.28. The summed E-state index contributed by atoms with van der Waals surface area (Å²) in [5.74, 6) is 0.719. The van der Waals surface area contributed by atoms with Gasteiger partial charge in [0.05, 0.1) is 11.6 Å². The second kappa shape index (κ2) is 4.46. The summed E-state index contributed by atoms with van der Waals surface area (Å²) >= 11 is 0. The van der Waals surface area contributed by atoms with Crippen LogP contribution in [0.5, 0.6) is 0 Å². The third-order valence-corrected chi connectivity index (χ3v) is 3.82. The molecule has 0 amide bonds. The van der Waals surface area contributed by atoms with E-state index in [4.69, 9.17) is 0 Å². The fourth-order valence-corrected chi connectivity index (χ4v) is 2.59. The first-order valence-corrected chi connectivity index (χ1v) is 6.36. The minimum Gasteiger partial charge on any atom is -0.388 e. The summed E-state index contributed by atoms with van der Waals surface area (Å²) < 4.78 is 0. The first-order valence-electron chi connectivity index (χ1n) is 6.36. The maximum atomic E-state index is 10.3. The van der Waals surface area contributed by atoms with Crippen molar-refractivity contribution >= 4 is 10.9 Å². The molecular formula is C15H17NO. The van der Waals surface area contributed by atoms with E-state index in [1.54, 1.807) is 6.20 Å². The van der Waals surface area contributed by atoms with Crippen molar-refractivity contribution in [3.63, 3.8) is 0 Å². The Balaban J connectivity index is 1.92. The molecule has 2 nitrogen and oxygen atoms in total. The van der Waals surface area contributed by atoms with Gasteiger partial charge in [0.15, 0.2) is 0 Å². The summed E-state index contributed by atoms with van der Waals surface area (Å²) in [6, 6.07) is 9.97. The SMILES string of the molecule is OC(CC1CCC1)c1cccc2ncccc12. The Kier molecular flexibility index (Phi) is 2.81.